The average molecular weight is 535 g/mol. The summed E-state index contributed by atoms with van der Waals surface area (Å²) in [5, 5.41) is 0. The van der Waals surface area contributed by atoms with E-state index < -0.39 is 5.97 Å². The molecule has 9 heteroatoms. The highest BCUT2D eigenvalue weighted by atomic mass is 127. The number of nitrogens with zero attached hydrogens (tertiary/aromatic N) is 1. The fraction of sp³-hybridized carbons (Fsp3) is 0.421. The third-order valence-electron chi connectivity index (χ3n) is 3.61. The first-order valence-electron chi connectivity index (χ1n) is 8.68. The zero-order valence-corrected chi connectivity index (χ0v) is 19.9. The minimum absolute atomic E-state index is 0.0830. The molecule has 2 rings (SSSR count). The van der Waals surface area contributed by atoms with Gasteiger partial charge in [0.25, 0.3) is 5.91 Å². The van der Waals surface area contributed by atoms with Gasteiger partial charge in [-0.25, -0.2) is 4.79 Å². The lowest BCUT2D eigenvalue weighted by Gasteiger charge is -2.16. The summed E-state index contributed by atoms with van der Waals surface area (Å²) in [6, 6.07) is 3.62. The van der Waals surface area contributed by atoms with Crippen LogP contribution in [0, 0.1) is 9.49 Å². The maximum atomic E-state index is 12.6. The number of hydrogen-bond acceptors (Lipinski definition) is 7. The molecular weight excluding hydrogens is 513 g/mol. The normalized spacial score (nSPS) is 15.5. The molecule has 1 heterocycles. The molecule has 1 aliphatic rings. The molecule has 1 amide bonds. The first-order chi connectivity index (χ1) is 13.3. The van der Waals surface area contributed by atoms with Crippen molar-refractivity contribution < 1.29 is 23.8 Å². The molecule has 0 radical (unpaired) electrons. The number of hydrogen-bond donors (Lipinski definition) is 0. The number of esters is 1. The quantitative estimate of drug-likeness (QED) is 0.215. The summed E-state index contributed by atoms with van der Waals surface area (Å²) in [6.07, 6.45) is 1.79. The van der Waals surface area contributed by atoms with E-state index in [0.717, 1.165) is 9.13 Å². The Morgan fingerprint density at radius 1 is 1.39 bits per heavy atom. The Balaban J connectivity index is 2.24. The van der Waals surface area contributed by atoms with Crippen LogP contribution in [-0.2, 0) is 14.3 Å². The Morgan fingerprint density at radius 3 is 2.71 bits per heavy atom. The third kappa shape index (κ3) is 5.84. The zero-order valence-electron chi connectivity index (χ0n) is 16.1. The van der Waals surface area contributed by atoms with Crippen LogP contribution in [-0.4, -0.2) is 48.0 Å². The molecule has 0 aliphatic carbocycles. The van der Waals surface area contributed by atoms with E-state index >= 15 is 0 Å². The van der Waals surface area contributed by atoms with Gasteiger partial charge in [-0.15, -0.1) is 0 Å². The molecule has 0 atom stereocenters. The topological polar surface area (TPSA) is 65.1 Å². The SMILES string of the molecule is CCOC(=O)COc1c(I)cc(/C=C2/SC(=S)N(CC(C)C)C2=O)cc1OC. The standard InChI is InChI=1S/C19H22INO5S2/c1-5-25-16(22)10-26-17-13(20)6-12(7-14(17)24-4)8-15-18(23)21(9-11(2)3)19(27)28-15/h6-8,11H,5,9-10H2,1-4H3/b15-8+. The lowest BCUT2D eigenvalue weighted by atomic mass is 10.1. The van der Waals surface area contributed by atoms with Gasteiger partial charge in [0.05, 0.1) is 22.2 Å². The first-order valence-corrected chi connectivity index (χ1v) is 11.0. The average Bonchev–Trinajstić information content (AvgIpc) is 2.87. The number of halogens is 1. The van der Waals surface area contributed by atoms with E-state index in [4.69, 9.17) is 26.4 Å². The van der Waals surface area contributed by atoms with Gasteiger partial charge in [0.1, 0.15) is 4.32 Å². The fourth-order valence-corrected chi connectivity index (χ4v) is 4.53. The number of thioether (sulfide) groups is 1. The Labute approximate surface area is 188 Å². The van der Waals surface area contributed by atoms with E-state index in [-0.39, 0.29) is 12.5 Å². The third-order valence-corrected chi connectivity index (χ3v) is 5.79. The molecule has 0 N–H and O–H groups in total. The predicted molar refractivity (Wildman–Crippen MR) is 123 cm³/mol. The van der Waals surface area contributed by atoms with Crippen LogP contribution in [0.2, 0.25) is 0 Å². The van der Waals surface area contributed by atoms with E-state index in [2.05, 4.69) is 22.6 Å². The summed E-state index contributed by atoms with van der Waals surface area (Å²) in [7, 11) is 1.52. The van der Waals surface area contributed by atoms with Crippen molar-refractivity contribution >= 4 is 68.8 Å². The van der Waals surface area contributed by atoms with Gasteiger partial charge in [0.15, 0.2) is 18.1 Å². The van der Waals surface area contributed by atoms with Crippen molar-refractivity contribution in [2.24, 2.45) is 5.92 Å². The Morgan fingerprint density at radius 2 is 2.11 bits per heavy atom. The molecule has 28 heavy (non-hydrogen) atoms. The van der Waals surface area contributed by atoms with Crippen LogP contribution in [0.25, 0.3) is 6.08 Å². The van der Waals surface area contributed by atoms with Gasteiger partial charge < -0.3 is 14.2 Å². The van der Waals surface area contributed by atoms with Crippen LogP contribution in [0.1, 0.15) is 26.3 Å². The van der Waals surface area contributed by atoms with Gasteiger partial charge in [-0.1, -0.05) is 37.8 Å². The summed E-state index contributed by atoms with van der Waals surface area (Å²) in [4.78, 5) is 26.4. The second-order valence-electron chi connectivity index (χ2n) is 6.31. The number of benzene rings is 1. The summed E-state index contributed by atoms with van der Waals surface area (Å²) < 4.78 is 17.2. The molecule has 1 aromatic rings. The van der Waals surface area contributed by atoms with Crippen LogP contribution in [0.4, 0.5) is 0 Å². The molecule has 0 unspecified atom stereocenters. The molecule has 0 bridgehead atoms. The first kappa shape index (κ1) is 23.0. The fourth-order valence-electron chi connectivity index (χ4n) is 2.47. The number of ether oxygens (including phenoxy) is 3. The molecule has 152 valence electrons. The van der Waals surface area contributed by atoms with Crippen molar-refractivity contribution in [3.8, 4) is 11.5 Å². The van der Waals surface area contributed by atoms with Crippen molar-refractivity contribution in [3.05, 3.63) is 26.2 Å². The van der Waals surface area contributed by atoms with Crippen molar-refractivity contribution in [2.45, 2.75) is 20.8 Å². The van der Waals surface area contributed by atoms with E-state index in [0.29, 0.717) is 39.8 Å². The van der Waals surface area contributed by atoms with Gasteiger partial charge in [0, 0.05) is 6.54 Å². The largest absolute Gasteiger partial charge is 0.493 e. The smallest absolute Gasteiger partial charge is 0.344 e. The molecule has 6 nitrogen and oxygen atoms in total. The molecule has 1 saturated heterocycles. The second kappa shape index (κ2) is 10.4. The molecule has 1 aromatic carbocycles. The highest BCUT2D eigenvalue weighted by molar-refractivity contribution is 14.1. The highest BCUT2D eigenvalue weighted by Gasteiger charge is 2.32. The van der Waals surface area contributed by atoms with Gasteiger partial charge in [-0.3, -0.25) is 9.69 Å². The Bertz CT molecular complexity index is 810. The van der Waals surface area contributed by atoms with Gasteiger partial charge in [-0.2, -0.15) is 0 Å². The van der Waals surface area contributed by atoms with E-state index in [9.17, 15) is 9.59 Å². The minimum Gasteiger partial charge on any atom is -0.493 e. The number of thiocarbonyl (C=S) groups is 1. The summed E-state index contributed by atoms with van der Waals surface area (Å²) >= 11 is 8.74. The van der Waals surface area contributed by atoms with Crippen molar-refractivity contribution in [2.75, 3.05) is 26.9 Å². The lowest BCUT2D eigenvalue weighted by molar-refractivity contribution is -0.145. The number of amides is 1. The van der Waals surface area contributed by atoms with E-state index in [1.54, 1.807) is 24.0 Å². The van der Waals surface area contributed by atoms with Gasteiger partial charge in [-0.05, 0) is 59.2 Å². The number of methoxy groups -OCH3 is 1. The summed E-state index contributed by atoms with van der Waals surface area (Å²) in [5.74, 6) is 0.734. The lowest BCUT2D eigenvalue weighted by Crippen LogP contribution is -2.31. The molecule has 1 fully saturated rings. The van der Waals surface area contributed by atoms with Crippen molar-refractivity contribution in [3.63, 3.8) is 0 Å². The summed E-state index contributed by atoms with van der Waals surface area (Å²) in [5.41, 5.74) is 0.787. The monoisotopic (exact) mass is 535 g/mol. The molecule has 1 aliphatic heterocycles. The molecule has 0 aromatic heterocycles. The second-order valence-corrected chi connectivity index (χ2v) is 9.15. The Kier molecular flexibility index (Phi) is 8.56. The molecule has 0 spiro atoms. The summed E-state index contributed by atoms with van der Waals surface area (Å²) in [6.45, 7) is 6.52. The number of carbonyl (C=O) groups excluding carboxylic acids is 2. The van der Waals surface area contributed by atoms with Crippen LogP contribution in [0.3, 0.4) is 0 Å². The van der Waals surface area contributed by atoms with E-state index in [1.165, 1.54) is 18.9 Å². The predicted octanol–water partition coefficient (Wildman–Crippen LogP) is 4.10. The van der Waals surface area contributed by atoms with Crippen molar-refractivity contribution in [1.29, 1.82) is 0 Å². The highest BCUT2D eigenvalue weighted by Crippen LogP contribution is 2.37. The maximum absolute atomic E-state index is 12.6. The molecular formula is C19H22INO5S2. The van der Waals surface area contributed by atoms with E-state index in [1.807, 2.05) is 19.9 Å². The minimum atomic E-state index is -0.446. The van der Waals surface area contributed by atoms with Crippen molar-refractivity contribution in [1.82, 2.24) is 4.90 Å². The van der Waals surface area contributed by atoms with Gasteiger partial charge >= 0.3 is 5.97 Å². The molecule has 0 saturated carbocycles. The number of rotatable bonds is 8. The van der Waals surface area contributed by atoms with Crippen LogP contribution in [0.15, 0.2) is 17.0 Å². The van der Waals surface area contributed by atoms with Crippen LogP contribution < -0.4 is 9.47 Å². The van der Waals surface area contributed by atoms with Crippen LogP contribution >= 0.6 is 46.6 Å². The maximum Gasteiger partial charge on any atom is 0.344 e. The van der Waals surface area contributed by atoms with Gasteiger partial charge in [0.2, 0.25) is 0 Å². The Hall–Kier alpha value is -1.33. The zero-order chi connectivity index (χ0) is 20.8. The van der Waals surface area contributed by atoms with Crippen LogP contribution in [0.5, 0.6) is 11.5 Å². The number of carbonyl (C=O) groups is 2.